The SMILES string of the molecule is COOCc1cc(N=NC(C(C)=O)C(=O)Nc2ccc3c(c2)n(C(=O)c2cc(S(=O)(=O)O)cc(S(=O)(=O)O)c2)c(=O)n3C(=O)c2cc(S(=O)(=O)O)cc(S(=O)(=O)O)c2)cc(C(=O)OC)c1. The zero-order valence-electron chi connectivity index (χ0n) is 32.9. The molecular formula is C35H29N5O21S4. The smallest absolute Gasteiger partial charge is 0.343 e. The Hall–Kier alpha value is -6.74. The van der Waals surface area contributed by atoms with Crippen molar-refractivity contribution < 1.29 is 90.4 Å². The molecule has 0 aliphatic carbocycles. The van der Waals surface area contributed by atoms with Crippen molar-refractivity contribution in [3.63, 3.8) is 0 Å². The first-order valence-corrected chi connectivity index (χ1v) is 23.0. The van der Waals surface area contributed by atoms with Crippen LogP contribution in [0.1, 0.15) is 43.6 Å². The molecule has 26 nitrogen and oxygen atoms in total. The number of nitrogens with zero attached hydrogens (tertiary/aromatic N) is 4. The maximum Gasteiger partial charge on any atom is 0.343 e. The molecule has 5 aromatic rings. The van der Waals surface area contributed by atoms with E-state index in [9.17, 15) is 80.6 Å². The third-order valence-electron chi connectivity index (χ3n) is 8.62. The highest BCUT2D eigenvalue weighted by molar-refractivity contribution is 7.87. The van der Waals surface area contributed by atoms with Gasteiger partial charge in [-0.05, 0) is 85.3 Å². The molecule has 0 bridgehead atoms. The van der Waals surface area contributed by atoms with E-state index in [0.29, 0.717) is 29.8 Å². The van der Waals surface area contributed by atoms with Crippen molar-refractivity contribution >= 4 is 92.4 Å². The summed E-state index contributed by atoms with van der Waals surface area (Å²) in [4.78, 5) is 85.1. The normalized spacial score (nSPS) is 12.8. The van der Waals surface area contributed by atoms with Gasteiger partial charge in [-0.15, -0.1) is 0 Å². The Bertz CT molecular complexity index is 3310. The van der Waals surface area contributed by atoms with Gasteiger partial charge in [-0.25, -0.2) is 28.5 Å². The molecule has 1 amide bonds. The van der Waals surface area contributed by atoms with Crippen LogP contribution in [0.4, 0.5) is 11.4 Å². The zero-order chi connectivity index (χ0) is 48.6. The second-order valence-electron chi connectivity index (χ2n) is 13.1. The summed E-state index contributed by atoms with van der Waals surface area (Å²) < 4.78 is 140. The second kappa shape index (κ2) is 18.4. The topological polar surface area (TPSA) is 394 Å². The van der Waals surface area contributed by atoms with E-state index >= 15 is 0 Å². The van der Waals surface area contributed by atoms with Gasteiger partial charge in [0.15, 0.2) is 5.78 Å². The summed E-state index contributed by atoms with van der Waals surface area (Å²) in [5.74, 6) is -6.29. The number of amides is 1. The van der Waals surface area contributed by atoms with Crippen molar-refractivity contribution in [2.24, 2.45) is 10.2 Å². The van der Waals surface area contributed by atoms with Gasteiger partial charge in [0.25, 0.3) is 58.2 Å². The molecule has 65 heavy (non-hydrogen) atoms. The minimum atomic E-state index is -5.36. The summed E-state index contributed by atoms with van der Waals surface area (Å²) in [5.41, 5.74) is -5.39. The molecule has 1 atom stereocenters. The monoisotopic (exact) mass is 983 g/mol. The van der Waals surface area contributed by atoms with Gasteiger partial charge in [-0.2, -0.15) is 43.9 Å². The van der Waals surface area contributed by atoms with Gasteiger partial charge in [0.2, 0.25) is 6.04 Å². The van der Waals surface area contributed by atoms with Crippen LogP contribution in [0.3, 0.4) is 0 Å². The van der Waals surface area contributed by atoms with Crippen LogP contribution >= 0.6 is 0 Å². The lowest BCUT2D eigenvalue weighted by Gasteiger charge is -2.11. The van der Waals surface area contributed by atoms with Crippen LogP contribution in [-0.4, -0.2) is 111 Å². The standard InChI is InChI=1S/C35H29N5O21S4/c1-17(41)30(38-37-23-7-18(16-61-60-3)6-21(8-23)34(45)59-2)31(42)36-22-4-5-28-29(13-22)40(33(44)20-11-26(64(53,54)55)15-27(12-20)65(56,57)58)35(46)39(28)32(43)19-9-24(62(47,48)49)14-25(10-19)63(50,51)52/h4-15,30H,16H2,1-3H3,(H,36,42)(H,47,48,49)(H,50,51,52)(H,53,54,55)(H,56,57,58). The third-order valence-corrected chi connectivity index (χ3v) is 11.9. The van der Waals surface area contributed by atoms with Crippen molar-refractivity contribution in [1.82, 2.24) is 9.13 Å². The van der Waals surface area contributed by atoms with Gasteiger partial charge >= 0.3 is 11.7 Å². The minimum Gasteiger partial charge on any atom is -0.465 e. The molecule has 5 rings (SSSR count). The predicted molar refractivity (Wildman–Crippen MR) is 215 cm³/mol. The molecule has 1 unspecified atom stereocenters. The van der Waals surface area contributed by atoms with Crippen LogP contribution in [0.15, 0.2) is 107 Å². The molecule has 0 saturated heterocycles. The summed E-state index contributed by atoms with van der Waals surface area (Å²) in [6.45, 7) is 0.753. The van der Waals surface area contributed by atoms with Crippen LogP contribution in [0.25, 0.3) is 11.0 Å². The molecule has 30 heteroatoms. The molecule has 5 N–H and O–H groups in total. The van der Waals surface area contributed by atoms with E-state index in [-0.39, 0.29) is 39.1 Å². The number of carbonyl (C=O) groups excluding carboxylic acids is 5. The van der Waals surface area contributed by atoms with Crippen molar-refractivity contribution in [1.29, 1.82) is 0 Å². The summed E-state index contributed by atoms with van der Waals surface area (Å²) in [6, 6.07) is 6.60. The lowest BCUT2D eigenvalue weighted by atomic mass is 10.1. The first-order valence-electron chi connectivity index (χ1n) is 17.2. The zero-order valence-corrected chi connectivity index (χ0v) is 36.1. The van der Waals surface area contributed by atoms with Gasteiger partial charge < -0.3 is 10.1 Å². The van der Waals surface area contributed by atoms with Crippen LogP contribution in [0.2, 0.25) is 0 Å². The van der Waals surface area contributed by atoms with Gasteiger partial charge in [-0.3, -0.25) is 37.4 Å². The van der Waals surface area contributed by atoms with E-state index in [1.54, 1.807) is 0 Å². The Morgan fingerprint density at radius 1 is 0.646 bits per heavy atom. The van der Waals surface area contributed by atoms with E-state index in [4.69, 9.17) is 9.62 Å². The number of hydrogen-bond acceptors (Lipinski definition) is 19. The fourth-order valence-electron chi connectivity index (χ4n) is 5.74. The van der Waals surface area contributed by atoms with Gasteiger partial charge in [0.1, 0.15) is 6.61 Å². The van der Waals surface area contributed by atoms with Crippen LogP contribution < -0.4 is 11.0 Å². The molecular weight excluding hydrogens is 955 g/mol. The van der Waals surface area contributed by atoms with E-state index in [1.165, 1.54) is 25.3 Å². The number of esters is 1. The van der Waals surface area contributed by atoms with Gasteiger partial charge in [-0.1, -0.05) is 0 Å². The quantitative estimate of drug-likeness (QED) is 0.0249. The summed E-state index contributed by atoms with van der Waals surface area (Å²) >= 11 is 0. The molecule has 344 valence electrons. The number of fused-ring (bicyclic) bond motifs is 1. The lowest BCUT2D eigenvalue weighted by molar-refractivity contribution is -0.282. The average molecular weight is 984 g/mol. The molecule has 0 aliphatic heterocycles. The highest BCUT2D eigenvalue weighted by Crippen LogP contribution is 2.27. The Morgan fingerprint density at radius 2 is 1.12 bits per heavy atom. The Balaban J connectivity index is 1.70. The van der Waals surface area contributed by atoms with Crippen molar-refractivity contribution in [3.05, 3.63) is 106 Å². The van der Waals surface area contributed by atoms with Gasteiger partial charge in [0, 0.05) is 16.8 Å². The number of rotatable bonds is 15. The molecule has 0 aliphatic rings. The van der Waals surface area contributed by atoms with Crippen molar-refractivity contribution in [2.75, 3.05) is 19.5 Å². The van der Waals surface area contributed by atoms with Crippen molar-refractivity contribution in [2.45, 2.75) is 39.2 Å². The number of methoxy groups -OCH3 is 1. The highest BCUT2D eigenvalue weighted by atomic mass is 32.2. The molecule has 0 fully saturated rings. The fraction of sp³-hybridized carbons (Fsp3) is 0.143. The maximum atomic E-state index is 14.2. The molecule has 0 radical (unpaired) electrons. The number of benzene rings is 4. The van der Waals surface area contributed by atoms with Gasteiger partial charge in [0.05, 0.1) is 56.1 Å². The number of ether oxygens (including phenoxy) is 1. The Labute approximate surface area is 365 Å². The summed E-state index contributed by atoms with van der Waals surface area (Å²) in [6.07, 6.45) is 0. The Kier molecular flexibility index (Phi) is 13.9. The number of carbonyl (C=O) groups is 5. The highest BCUT2D eigenvalue weighted by Gasteiger charge is 2.30. The summed E-state index contributed by atoms with van der Waals surface area (Å²) in [5, 5.41) is 9.95. The van der Waals surface area contributed by atoms with E-state index < -0.39 is 129 Å². The predicted octanol–water partition coefficient (Wildman–Crippen LogP) is 1.71. The van der Waals surface area contributed by atoms with Crippen LogP contribution in [-0.2, 0) is 71.2 Å². The number of imidazole rings is 1. The number of aromatic nitrogens is 2. The maximum absolute atomic E-state index is 14.2. The number of hydrogen-bond donors (Lipinski definition) is 5. The second-order valence-corrected chi connectivity index (χ2v) is 18.8. The third kappa shape index (κ3) is 11.1. The summed E-state index contributed by atoms with van der Waals surface area (Å²) in [7, 11) is -19.1. The Morgan fingerprint density at radius 3 is 1.55 bits per heavy atom. The van der Waals surface area contributed by atoms with Crippen molar-refractivity contribution in [3.8, 4) is 0 Å². The lowest BCUT2D eigenvalue weighted by Crippen LogP contribution is -2.33. The number of ketones is 1. The van der Waals surface area contributed by atoms with E-state index in [2.05, 4.69) is 20.4 Å². The number of nitrogens with one attached hydrogen (secondary N) is 1. The fourth-order valence-corrected chi connectivity index (χ4v) is 8.10. The first-order chi connectivity index (χ1) is 30.0. The van der Waals surface area contributed by atoms with E-state index in [1.807, 2.05) is 0 Å². The average Bonchev–Trinajstić information content (AvgIpc) is 3.50. The first kappa shape index (κ1) is 49.3. The van der Waals surface area contributed by atoms with Crippen LogP contribution in [0.5, 0.6) is 0 Å². The number of azo groups is 1. The number of Topliss-reactive ketones (excluding diaryl/α,β-unsaturated/α-hetero) is 1. The molecule has 1 heterocycles. The minimum absolute atomic E-state index is 0.0364. The molecule has 0 saturated carbocycles. The molecule has 1 aromatic heterocycles. The van der Waals surface area contributed by atoms with Crippen LogP contribution in [0, 0.1) is 0 Å². The largest absolute Gasteiger partial charge is 0.465 e. The van der Waals surface area contributed by atoms with E-state index in [0.717, 1.165) is 32.2 Å². The number of anilines is 1. The molecule has 4 aromatic carbocycles. The molecule has 0 spiro atoms.